The Morgan fingerprint density at radius 1 is 1.19 bits per heavy atom. The van der Waals surface area contributed by atoms with Crippen molar-refractivity contribution in [3.05, 3.63) is 81.1 Å². The highest BCUT2D eigenvalue weighted by Crippen LogP contribution is 2.31. The number of fused-ring (bicyclic) bond motifs is 1. The Labute approximate surface area is 247 Å². The summed E-state index contributed by atoms with van der Waals surface area (Å²) in [7, 11) is 1.00. The summed E-state index contributed by atoms with van der Waals surface area (Å²) in [5.74, 6) is -0.798. The highest BCUT2D eigenvalue weighted by Gasteiger charge is 2.16. The number of nitrogens with zero attached hydrogens (tertiary/aromatic N) is 3. The SMILES string of the molecule is CC(N)CCCc1cc(Cl)c(F)c(-c2cc3cn(-c4ccc(C(=O)NCCCN=C(N)N)cc4)c(=O)nc3[nH]2)c1.CO. The summed E-state index contributed by atoms with van der Waals surface area (Å²) in [4.78, 5) is 36.3. The maximum atomic E-state index is 15.0. The number of amides is 1. The van der Waals surface area contributed by atoms with Crippen LogP contribution in [0.1, 0.15) is 42.1 Å². The Morgan fingerprint density at radius 2 is 1.90 bits per heavy atom. The summed E-state index contributed by atoms with van der Waals surface area (Å²) in [6.45, 7) is 2.78. The van der Waals surface area contributed by atoms with Crippen LogP contribution in [0.2, 0.25) is 5.02 Å². The standard InChI is InChI=1S/C28H32ClFN8O2.CH4O/c1-16(31)4-2-5-17-12-21(24(30)22(29)13-17)23-14-19-15-38(28(40)37-25(19)36-23)20-8-6-18(7-9-20)26(39)34-10-3-11-35-27(32)33;1-2/h6-9,12-16H,2-5,10-11,31H2,1H3,(H,34,39)(H4,32,33,35)(H,36,37,40);2H,1H3. The molecule has 1 amide bonds. The third kappa shape index (κ3) is 8.38. The molecule has 0 aliphatic carbocycles. The summed E-state index contributed by atoms with van der Waals surface area (Å²) in [6, 6.07) is 11.7. The van der Waals surface area contributed by atoms with Gasteiger partial charge in [0.05, 0.1) is 16.4 Å². The summed E-state index contributed by atoms with van der Waals surface area (Å²) in [5, 5.41) is 10.4. The van der Waals surface area contributed by atoms with Crippen molar-refractivity contribution >= 4 is 34.5 Å². The van der Waals surface area contributed by atoms with Crippen molar-refractivity contribution in [2.45, 2.75) is 38.6 Å². The highest BCUT2D eigenvalue weighted by molar-refractivity contribution is 6.31. The number of aliphatic hydroxyl groups excluding tert-OH is 1. The first-order valence-electron chi connectivity index (χ1n) is 13.4. The van der Waals surface area contributed by atoms with E-state index in [0.717, 1.165) is 25.5 Å². The number of aliphatic hydroxyl groups is 1. The average Bonchev–Trinajstić information content (AvgIpc) is 3.37. The van der Waals surface area contributed by atoms with Gasteiger partial charge in [0.2, 0.25) is 0 Å². The Morgan fingerprint density at radius 3 is 2.57 bits per heavy atom. The van der Waals surface area contributed by atoms with Crippen LogP contribution in [0, 0.1) is 5.82 Å². The average molecular weight is 599 g/mol. The maximum Gasteiger partial charge on any atom is 0.354 e. The number of benzene rings is 2. The van der Waals surface area contributed by atoms with Crippen LogP contribution < -0.4 is 28.2 Å². The maximum absolute atomic E-state index is 15.0. The van der Waals surface area contributed by atoms with Gasteiger partial charge >= 0.3 is 5.69 Å². The molecule has 0 bridgehead atoms. The van der Waals surface area contributed by atoms with E-state index in [1.807, 2.05) is 6.92 Å². The number of halogens is 2. The first-order chi connectivity index (χ1) is 20.1. The quantitative estimate of drug-likeness (QED) is 0.0868. The third-order valence-electron chi connectivity index (χ3n) is 6.33. The zero-order valence-electron chi connectivity index (χ0n) is 23.5. The number of nitrogens with two attached hydrogens (primary N) is 3. The second-order valence-electron chi connectivity index (χ2n) is 9.65. The number of aryl methyl sites for hydroxylation is 1. The molecule has 0 fully saturated rings. The first kappa shape index (κ1) is 32.3. The minimum absolute atomic E-state index is 0.00947. The van der Waals surface area contributed by atoms with Gasteiger partial charge in [-0.3, -0.25) is 14.4 Å². The van der Waals surface area contributed by atoms with Crippen molar-refractivity contribution < 1.29 is 14.3 Å². The number of guanidine groups is 1. The monoisotopic (exact) mass is 598 g/mol. The molecule has 0 saturated carbocycles. The number of H-pyrrole nitrogens is 1. The van der Waals surface area contributed by atoms with Gasteiger partial charge in [-0.25, -0.2) is 9.18 Å². The molecule has 42 heavy (non-hydrogen) atoms. The molecule has 11 nitrogen and oxygen atoms in total. The fraction of sp³-hybridized carbons (Fsp3) is 0.310. The smallest absolute Gasteiger partial charge is 0.354 e. The molecule has 0 aliphatic rings. The molecule has 2 heterocycles. The number of rotatable bonds is 11. The van der Waals surface area contributed by atoms with Gasteiger partial charge in [-0.2, -0.15) is 4.98 Å². The number of carbonyl (C=O) groups excluding carboxylic acids is 1. The summed E-state index contributed by atoms with van der Waals surface area (Å²) < 4.78 is 16.4. The van der Waals surface area contributed by atoms with Gasteiger partial charge in [-0.05, 0) is 80.6 Å². The summed E-state index contributed by atoms with van der Waals surface area (Å²) >= 11 is 6.20. The second-order valence-corrected chi connectivity index (χ2v) is 10.1. The van der Waals surface area contributed by atoms with E-state index in [1.54, 1.807) is 48.7 Å². The van der Waals surface area contributed by atoms with Crippen LogP contribution in [-0.4, -0.2) is 57.7 Å². The number of aliphatic imine (C=N–C) groups is 1. The van der Waals surface area contributed by atoms with E-state index >= 15 is 4.39 Å². The van der Waals surface area contributed by atoms with Crippen LogP contribution in [-0.2, 0) is 6.42 Å². The number of aromatic nitrogens is 3. The van der Waals surface area contributed by atoms with E-state index in [-0.39, 0.29) is 22.9 Å². The number of hydrogen-bond acceptors (Lipinski definition) is 6. The molecular weight excluding hydrogens is 563 g/mol. The molecule has 0 saturated heterocycles. The van der Waals surface area contributed by atoms with E-state index in [0.29, 0.717) is 59.5 Å². The molecule has 4 rings (SSSR count). The van der Waals surface area contributed by atoms with Crippen molar-refractivity contribution in [1.29, 1.82) is 0 Å². The Hall–Kier alpha value is -4.26. The van der Waals surface area contributed by atoms with Gasteiger partial charge in [-0.1, -0.05) is 11.6 Å². The summed E-state index contributed by atoms with van der Waals surface area (Å²) in [6.07, 6.45) is 4.63. The Balaban J connectivity index is 0.00000237. The first-order valence-corrected chi connectivity index (χ1v) is 13.7. The number of aromatic amines is 1. The van der Waals surface area contributed by atoms with Gasteiger partial charge in [0.1, 0.15) is 5.65 Å². The zero-order chi connectivity index (χ0) is 30.8. The minimum atomic E-state index is -0.551. The molecule has 9 N–H and O–H groups in total. The molecule has 1 atom stereocenters. The molecule has 4 aromatic rings. The van der Waals surface area contributed by atoms with E-state index in [4.69, 9.17) is 33.9 Å². The van der Waals surface area contributed by atoms with Crippen LogP contribution in [0.15, 0.2) is 58.4 Å². The van der Waals surface area contributed by atoms with Crippen LogP contribution in [0.25, 0.3) is 28.0 Å². The third-order valence-corrected chi connectivity index (χ3v) is 6.61. The topological polar surface area (TPSA) is 190 Å². The molecule has 0 spiro atoms. The van der Waals surface area contributed by atoms with Gasteiger partial charge < -0.3 is 32.6 Å². The lowest BCUT2D eigenvalue weighted by Gasteiger charge is -2.09. The van der Waals surface area contributed by atoms with Gasteiger partial charge in [0, 0.05) is 49.0 Å². The van der Waals surface area contributed by atoms with E-state index < -0.39 is 11.5 Å². The molecule has 1 unspecified atom stereocenters. The predicted octanol–water partition coefficient (Wildman–Crippen LogP) is 2.85. The number of carbonyl (C=O) groups is 1. The van der Waals surface area contributed by atoms with Gasteiger partial charge in [0.15, 0.2) is 11.8 Å². The fourth-order valence-electron chi connectivity index (χ4n) is 4.30. The van der Waals surface area contributed by atoms with Crippen molar-refractivity contribution in [3.63, 3.8) is 0 Å². The van der Waals surface area contributed by atoms with Crippen molar-refractivity contribution in [2.75, 3.05) is 20.2 Å². The van der Waals surface area contributed by atoms with E-state index in [9.17, 15) is 9.59 Å². The zero-order valence-corrected chi connectivity index (χ0v) is 24.3. The molecule has 13 heteroatoms. The Bertz CT molecular complexity index is 1600. The molecular formula is C29H36ClFN8O3. The molecule has 2 aromatic heterocycles. The number of nitrogens with one attached hydrogen (secondary N) is 2. The van der Waals surface area contributed by atoms with Gasteiger partial charge in [-0.15, -0.1) is 0 Å². The van der Waals surface area contributed by atoms with Crippen molar-refractivity contribution in [3.8, 4) is 16.9 Å². The molecule has 2 aromatic carbocycles. The predicted molar refractivity (Wildman–Crippen MR) is 164 cm³/mol. The molecule has 224 valence electrons. The molecule has 0 radical (unpaired) electrons. The highest BCUT2D eigenvalue weighted by atomic mass is 35.5. The normalized spacial score (nSPS) is 11.5. The lowest BCUT2D eigenvalue weighted by atomic mass is 10.0. The van der Waals surface area contributed by atoms with Crippen LogP contribution in [0.3, 0.4) is 0 Å². The van der Waals surface area contributed by atoms with E-state index in [1.165, 1.54) is 4.57 Å². The molecule has 0 aliphatic heterocycles. The van der Waals surface area contributed by atoms with Crippen molar-refractivity contribution in [1.82, 2.24) is 19.9 Å². The fourth-order valence-corrected chi connectivity index (χ4v) is 4.54. The van der Waals surface area contributed by atoms with Crippen LogP contribution in [0.4, 0.5) is 4.39 Å². The largest absolute Gasteiger partial charge is 0.400 e. The summed E-state index contributed by atoms with van der Waals surface area (Å²) in [5.41, 5.74) is 18.8. The van der Waals surface area contributed by atoms with Gasteiger partial charge in [0.25, 0.3) is 5.91 Å². The lowest BCUT2D eigenvalue weighted by Crippen LogP contribution is -2.26. The number of hydrogen-bond donors (Lipinski definition) is 6. The minimum Gasteiger partial charge on any atom is -0.400 e. The van der Waals surface area contributed by atoms with Crippen LogP contribution in [0.5, 0.6) is 0 Å². The Kier molecular flexibility index (Phi) is 11.6. The lowest BCUT2D eigenvalue weighted by molar-refractivity contribution is 0.0953. The van der Waals surface area contributed by atoms with Crippen molar-refractivity contribution in [2.24, 2.45) is 22.2 Å². The second kappa shape index (κ2) is 15.1. The van der Waals surface area contributed by atoms with E-state index in [2.05, 4.69) is 20.3 Å². The van der Waals surface area contributed by atoms with Crippen LogP contribution >= 0.6 is 11.6 Å².